The zero-order chi connectivity index (χ0) is 19.5. The lowest BCUT2D eigenvalue weighted by atomic mass is 10.1. The van der Waals surface area contributed by atoms with Crippen molar-refractivity contribution in [2.45, 2.75) is 32.2 Å². The maximum absolute atomic E-state index is 12.8. The van der Waals surface area contributed by atoms with Gasteiger partial charge in [-0.3, -0.25) is 9.48 Å². The summed E-state index contributed by atoms with van der Waals surface area (Å²) in [6.45, 7) is 6.51. The lowest BCUT2D eigenvalue weighted by molar-refractivity contribution is 0.0785. The lowest BCUT2D eigenvalue weighted by Gasteiger charge is -2.21. The minimum absolute atomic E-state index is 0.182. The Morgan fingerprint density at radius 1 is 1.23 bits per heavy atom. The summed E-state index contributed by atoms with van der Waals surface area (Å²) in [5.74, 6) is -0.232. The van der Waals surface area contributed by atoms with Crippen LogP contribution in [-0.2, 0) is 23.6 Å². The summed E-state index contributed by atoms with van der Waals surface area (Å²) in [4.78, 5) is 14.5. The monoisotopic (exact) mass is 378 g/mol. The Morgan fingerprint density at radius 3 is 2.42 bits per heavy atom. The minimum Gasteiger partial charge on any atom is -0.337 e. The summed E-state index contributed by atoms with van der Waals surface area (Å²) in [5, 5.41) is 4.09. The zero-order valence-electron chi connectivity index (χ0n) is 15.9. The number of carbonyl (C=O) groups is 1. The van der Waals surface area contributed by atoms with E-state index in [1.54, 1.807) is 55.7 Å². The Morgan fingerprint density at radius 2 is 1.88 bits per heavy atom. The number of rotatable bonds is 7. The van der Waals surface area contributed by atoms with Crippen LogP contribution in [0.2, 0.25) is 0 Å². The van der Waals surface area contributed by atoms with Crippen molar-refractivity contribution in [3.63, 3.8) is 0 Å². The fraction of sp³-hybridized carbons (Fsp3) is 0.444. The van der Waals surface area contributed by atoms with E-state index in [2.05, 4.69) is 5.10 Å². The quantitative estimate of drug-likeness (QED) is 0.739. The highest BCUT2D eigenvalue weighted by atomic mass is 32.2. The SMILES string of the molecule is CCN(CC)S(=O)(=O)c1cc(C(=O)N(C)Cc2cnn(C)c2)ccc1C. The molecule has 0 radical (unpaired) electrons. The first-order valence-electron chi connectivity index (χ1n) is 8.54. The highest BCUT2D eigenvalue weighted by Crippen LogP contribution is 2.22. The number of aryl methyl sites for hydroxylation is 2. The number of sulfonamides is 1. The molecule has 0 spiro atoms. The normalized spacial score (nSPS) is 11.8. The largest absolute Gasteiger partial charge is 0.337 e. The highest BCUT2D eigenvalue weighted by Gasteiger charge is 2.25. The van der Waals surface area contributed by atoms with E-state index in [0.29, 0.717) is 30.8 Å². The van der Waals surface area contributed by atoms with Gasteiger partial charge in [0.15, 0.2) is 0 Å². The molecule has 1 aromatic heterocycles. The van der Waals surface area contributed by atoms with E-state index in [4.69, 9.17) is 0 Å². The van der Waals surface area contributed by atoms with Crippen molar-refractivity contribution in [2.24, 2.45) is 7.05 Å². The third kappa shape index (κ3) is 4.13. The van der Waals surface area contributed by atoms with Crippen LogP contribution in [0.5, 0.6) is 0 Å². The third-order valence-corrected chi connectivity index (χ3v) is 6.48. The first-order chi connectivity index (χ1) is 12.2. The molecule has 0 N–H and O–H groups in total. The molecule has 2 aromatic rings. The summed E-state index contributed by atoms with van der Waals surface area (Å²) < 4.78 is 28.8. The number of hydrogen-bond acceptors (Lipinski definition) is 4. The molecule has 142 valence electrons. The molecule has 8 heteroatoms. The second-order valence-corrected chi connectivity index (χ2v) is 8.16. The first kappa shape index (κ1) is 20.1. The fourth-order valence-electron chi connectivity index (χ4n) is 2.83. The molecule has 1 amide bonds. The topological polar surface area (TPSA) is 75.5 Å². The van der Waals surface area contributed by atoms with Gasteiger partial charge < -0.3 is 4.90 Å². The summed E-state index contributed by atoms with van der Waals surface area (Å²) in [6.07, 6.45) is 3.55. The van der Waals surface area contributed by atoms with Crippen LogP contribution in [0.4, 0.5) is 0 Å². The molecule has 0 saturated heterocycles. The van der Waals surface area contributed by atoms with Gasteiger partial charge in [0.1, 0.15) is 0 Å². The number of hydrogen-bond donors (Lipinski definition) is 0. The number of carbonyl (C=O) groups excluding carboxylic acids is 1. The molecule has 1 aromatic carbocycles. The molecule has 1 heterocycles. The van der Waals surface area contributed by atoms with E-state index in [-0.39, 0.29) is 10.8 Å². The van der Waals surface area contributed by atoms with E-state index in [9.17, 15) is 13.2 Å². The zero-order valence-corrected chi connectivity index (χ0v) is 16.7. The van der Waals surface area contributed by atoms with Crippen LogP contribution in [0.1, 0.15) is 35.3 Å². The highest BCUT2D eigenvalue weighted by molar-refractivity contribution is 7.89. The van der Waals surface area contributed by atoms with Crippen molar-refractivity contribution < 1.29 is 13.2 Å². The van der Waals surface area contributed by atoms with Gasteiger partial charge in [-0.05, 0) is 24.6 Å². The predicted molar refractivity (Wildman–Crippen MR) is 100 cm³/mol. The van der Waals surface area contributed by atoms with Gasteiger partial charge in [-0.1, -0.05) is 19.9 Å². The Kier molecular flexibility index (Phi) is 6.20. The van der Waals surface area contributed by atoms with Crippen molar-refractivity contribution in [2.75, 3.05) is 20.1 Å². The van der Waals surface area contributed by atoms with Crippen LogP contribution in [0.15, 0.2) is 35.5 Å². The van der Waals surface area contributed by atoms with Crippen LogP contribution in [-0.4, -0.2) is 53.4 Å². The minimum atomic E-state index is -3.62. The van der Waals surface area contributed by atoms with Gasteiger partial charge in [-0.25, -0.2) is 8.42 Å². The maximum atomic E-state index is 12.8. The summed E-state index contributed by atoms with van der Waals surface area (Å²) in [5.41, 5.74) is 1.89. The smallest absolute Gasteiger partial charge is 0.253 e. The molecule has 2 rings (SSSR count). The summed E-state index contributed by atoms with van der Waals surface area (Å²) in [7, 11) is -0.117. The number of nitrogens with zero attached hydrogens (tertiary/aromatic N) is 4. The average molecular weight is 378 g/mol. The van der Waals surface area contributed by atoms with Gasteiger partial charge in [0.05, 0.1) is 11.1 Å². The van der Waals surface area contributed by atoms with Crippen LogP contribution in [0.25, 0.3) is 0 Å². The second kappa shape index (κ2) is 8.01. The number of aromatic nitrogens is 2. The van der Waals surface area contributed by atoms with Crippen LogP contribution < -0.4 is 0 Å². The Labute approximate surface area is 155 Å². The molecule has 0 fully saturated rings. The van der Waals surface area contributed by atoms with E-state index < -0.39 is 10.0 Å². The van der Waals surface area contributed by atoms with E-state index in [1.165, 1.54) is 10.4 Å². The molecular formula is C18H26N4O3S. The average Bonchev–Trinajstić information content (AvgIpc) is 3.00. The summed E-state index contributed by atoms with van der Waals surface area (Å²) in [6, 6.07) is 4.82. The third-order valence-electron chi connectivity index (χ3n) is 4.28. The molecule has 0 aliphatic carbocycles. The van der Waals surface area contributed by atoms with Crippen molar-refractivity contribution in [1.82, 2.24) is 19.0 Å². The predicted octanol–water partition coefficient (Wildman–Crippen LogP) is 2.03. The molecular weight excluding hydrogens is 352 g/mol. The van der Waals surface area contributed by atoms with Crippen LogP contribution >= 0.6 is 0 Å². The van der Waals surface area contributed by atoms with Crippen molar-refractivity contribution in [3.05, 3.63) is 47.3 Å². The van der Waals surface area contributed by atoms with Crippen molar-refractivity contribution in [1.29, 1.82) is 0 Å². The molecule has 7 nitrogen and oxygen atoms in total. The molecule has 0 bridgehead atoms. The Balaban J connectivity index is 2.32. The fourth-order valence-corrected chi connectivity index (χ4v) is 4.54. The van der Waals surface area contributed by atoms with Crippen LogP contribution in [0.3, 0.4) is 0 Å². The number of benzene rings is 1. The molecule has 0 unspecified atom stereocenters. The van der Waals surface area contributed by atoms with E-state index >= 15 is 0 Å². The van der Waals surface area contributed by atoms with Crippen LogP contribution in [0, 0.1) is 6.92 Å². The standard InChI is InChI=1S/C18H26N4O3S/c1-6-22(7-2)26(24,25)17-10-16(9-8-14(17)3)18(23)20(4)12-15-11-19-21(5)13-15/h8-11,13H,6-7,12H2,1-5H3. The van der Waals surface area contributed by atoms with Gasteiger partial charge >= 0.3 is 0 Å². The van der Waals surface area contributed by atoms with Gasteiger partial charge in [0.25, 0.3) is 5.91 Å². The van der Waals surface area contributed by atoms with Crippen molar-refractivity contribution in [3.8, 4) is 0 Å². The molecule has 0 aliphatic heterocycles. The Hall–Kier alpha value is -2.19. The first-order valence-corrected chi connectivity index (χ1v) is 9.98. The summed E-state index contributed by atoms with van der Waals surface area (Å²) >= 11 is 0. The van der Waals surface area contributed by atoms with Gasteiger partial charge in [-0.15, -0.1) is 0 Å². The van der Waals surface area contributed by atoms with Gasteiger partial charge in [0.2, 0.25) is 10.0 Å². The molecule has 26 heavy (non-hydrogen) atoms. The molecule has 0 atom stereocenters. The maximum Gasteiger partial charge on any atom is 0.253 e. The number of amides is 1. The molecule has 0 saturated carbocycles. The van der Waals surface area contributed by atoms with Gasteiger partial charge in [-0.2, -0.15) is 9.40 Å². The lowest BCUT2D eigenvalue weighted by Crippen LogP contribution is -2.31. The second-order valence-electron chi connectivity index (χ2n) is 6.25. The Bertz CT molecular complexity index is 886. The van der Waals surface area contributed by atoms with Gasteiger partial charge in [0, 0.05) is 51.1 Å². The van der Waals surface area contributed by atoms with E-state index in [1.807, 2.05) is 13.2 Å². The van der Waals surface area contributed by atoms with E-state index in [0.717, 1.165) is 5.56 Å². The molecule has 0 aliphatic rings. The van der Waals surface area contributed by atoms with Crippen molar-refractivity contribution >= 4 is 15.9 Å².